The molecular weight excluding hydrogens is 133 g/mol. The number of halogens is 1. The maximum Gasteiger partial charge on any atom is 0.208 e. The number of rotatable bonds is 1. The first kappa shape index (κ1) is 7.12. The summed E-state index contributed by atoms with van der Waals surface area (Å²) in [5, 5.41) is 0. The average Bonchev–Trinajstić information content (AvgIpc) is 1.88. The van der Waals surface area contributed by atoms with E-state index in [2.05, 4.69) is 4.99 Å². The van der Waals surface area contributed by atoms with Crippen molar-refractivity contribution in [2.75, 3.05) is 6.54 Å². The number of carbonyl (C=O) groups excluding carboxylic acids is 1. The van der Waals surface area contributed by atoms with Gasteiger partial charge in [0.25, 0.3) is 0 Å². The van der Waals surface area contributed by atoms with Gasteiger partial charge < -0.3 is 0 Å². The minimum absolute atomic E-state index is 0.0648. The third kappa shape index (κ3) is 1.50. The van der Waals surface area contributed by atoms with E-state index in [1.165, 1.54) is 13.0 Å². The SMILES string of the molecule is CC(=O)C1=CC(F)=NCC1. The van der Waals surface area contributed by atoms with Crippen LogP contribution in [0.1, 0.15) is 13.3 Å². The maximum atomic E-state index is 12.3. The number of nitrogens with zero attached hydrogens (tertiary/aromatic N) is 1. The summed E-state index contributed by atoms with van der Waals surface area (Å²) in [6.07, 6.45) is 1.77. The number of hydrogen-bond donors (Lipinski definition) is 0. The van der Waals surface area contributed by atoms with Crippen molar-refractivity contribution in [2.24, 2.45) is 4.99 Å². The Bertz CT molecular complexity index is 218. The summed E-state index contributed by atoms with van der Waals surface area (Å²) in [6, 6.07) is 0. The lowest BCUT2D eigenvalue weighted by molar-refractivity contribution is -0.113. The number of carbonyl (C=O) groups is 1. The van der Waals surface area contributed by atoms with E-state index in [0.717, 1.165) is 0 Å². The van der Waals surface area contributed by atoms with Gasteiger partial charge in [-0.3, -0.25) is 9.79 Å². The molecule has 0 radical (unpaired) electrons. The van der Waals surface area contributed by atoms with Crippen LogP contribution in [0.4, 0.5) is 4.39 Å². The highest BCUT2D eigenvalue weighted by molar-refractivity contribution is 6.01. The molecule has 0 saturated carbocycles. The zero-order valence-corrected chi connectivity index (χ0v) is 5.72. The van der Waals surface area contributed by atoms with Crippen LogP contribution in [0.3, 0.4) is 0 Å². The zero-order valence-electron chi connectivity index (χ0n) is 5.72. The fourth-order valence-electron chi connectivity index (χ4n) is 0.822. The van der Waals surface area contributed by atoms with Gasteiger partial charge in [-0.2, -0.15) is 4.39 Å². The number of aliphatic imine (C=N–C) groups is 1. The first-order chi connectivity index (χ1) is 4.70. The minimum atomic E-state index is -0.531. The number of hydrogen-bond acceptors (Lipinski definition) is 2. The third-order valence-electron chi connectivity index (χ3n) is 1.39. The molecule has 1 rings (SSSR count). The van der Waals surface area contributed by atoms with E-state index >= 15 is 0 Å². The number of Topliss-reactive ketones (excluding diaryl/α,β-unsaturated/α-hetero) is 1. The Hall–Kier alpha value is -0.990. The largest absolute Gasteiger partial charge is 0.295 e. The molecule has 0 unspecified atom stereocenters. The van der Waals surface area contributed by atoms with Crippen LogP contribution < -0.4 is 0 Å². The Morgan fingerprint density at radius 2 is 2.50 bits per heavy atom. The highest BCUT2D eigenvalue weighted by atomic mass is 19.1. The molecule has 0 N–H and O–H groups in total. The van der Waals surface area contributed by atoms with E-state index in [9.17, 15) is 9.18 Å². The predicted molar refractivity (Wildman–Crippen MR) is 36.8 cm³/mol. The molecule has 1 aliphatic heterocycles. The summed E-state index contributed by atoms with van der Waals surface area (Å²) in [6.45, 7) is 1.84. The summed E-state index contributed by atoms with van der Waals surface area (Å²) in [7, 11) is 0. The van der Waals surface area contributed by atoms with E-state index in [1.54, 1.807) is 0 Å². The Labute approximate surface area is 58.5 Å². The van der Waals surface area contributed by atoms with Crippen molar-refractivity contribution in [2.45, 2.75) is 13.3 Å². The number of ketones is 1. The summed E-state index contributed by atoms with van der Waals surface area (Å²) in [5.74, 6) is -0.596. The second-order valence-electron chi connectivity index (χ2n) is 2.18. The van der Waals surface area contributed by atoms with Crippen molar-refractivity contribution in [3.63, 3.8) is 0 Å². The molecule has 0 aromatic rings. The van der Waals surface area contributed by atoms with Crippen LogP contribution in [0, 0.1) is 0 Å². The predicted octanol–water partition coefficient (Wildman–Crippen LogP) is 1.27. The molecule has 0 atom stereocenters. The molecule has 3 heteroatoms. The normalized spacial score (nSPS) is 17.8. The van der Waals surface area contributed by atoms with E-state index in [4.69, 9.17) is 0 Å². The van der Waals surface area contributed by atoms with Gasteiger partial charge in [-0.1, -0.05) is 0 Å². The van der Waals surface area contributed by atoms with Crippen LogP contribution in [-0.4, -0.2) is 18.3 Å². The molecule has 1 heterocycles. The summed E-state index contributed by atoms with van der Waals surface area (Å²) >= 11 is 0. The lowest BCUT2D eigenvalue weighted by Crippen LogP contribution is -2.06. The molecule has 2 nitrogen and oxygen atoms in total. The minimum Gasteiger partial charge on any atom is -0.295 e. The highest BCUT2D eigenvalue weighted by Gasteiger charge is 2.08. The molecule has 0 bridgehead atoms. The van der Waals surface area contributed by atoms with Crippen LogP contribution in [0.2, 0.25) is 0 Å². The fourth-order valence-corrected chi connectivity index (χ4v) is 0.822. The van der Waals surface area contributed by atoms with Crippen molar-refractivity contribution in [3.8, 4) is 0 Å². The van der Waals surface area contributed by atoms with E-state index in [1.807, 2.05) is 0 Å². The summed E-state index contributed by atoms with van der Waals surface area (Å²) in [4.78, 5) is 14.1. The Kier molecular flexibility index (Phi) is 1.94. The molecule has 1 aliphatic rings. The van der Waals surface area contributed by atoms with Crippen LogP contribution in [0.5, 0.6) is 0 Å². The van der Waals surface area contributed by atoms with Gasteiger partial charge in [-0.05, 0) is 19.4 Å². The van der Waals surface area contributed by atoms with Crippen molar-refractivity contribution >= 4 is 11.7 Å². The van der Waals surface area contributed by atoms with Crippen LogP contribution in [-0.2, 0) is 4.79 Å². The first-order valence-corrected chi connectivity index (χ1v) is 3.11. The van der Waals surface area contributed by atoms with Gasteiger partial charge in [0.2, 0.25) is 5.97 Å². The first-order valence-electron chi connectivity index (χ1n) is 3.11. The Balaban J connectivity index is 2.78. The van der Waals surface area contributed by atoms with Gasteiger partial charge in [0, 0.05) is 12.1 Å². The molecule has 0 aliphatic carbocycles. The van der Waals surface area contributed by atoms with Gasteiger partial charge in [-0.15, -0.1) is 0 Å². The van der Waals surface area contributed by atoms with Gasteiger partial charge in [-0.25, -0.2) is 0 Å². The summed E-state index contributed by atoms with van der Waals surface area (Å²) < 4.78 is 12.3. The second kappa shape index (κ2) is 2.73. The second-order valence-corrected chi connectivity index (χ2v) is 2.18. The van der Waals surface area contributed by atoms with Gasteiger partial charge >= 0.3 is 0 Å². The van der Waals surface area contributed by atoms with E-state index in [0.29, 0.717) is 18.5 Å². The van der Waals surface area contributed by atoms with Crippen molar-refractivity contribution in [3.05, 3.63) is 11.6 Å². The molecule has 0 spiro atoms. The van der Waals surface area contributed by atoms with Crippen LogP contribution >= 0.6 is 0 Å². The van der Waals surface area contributed by atoms with Crippen molar-refractivity contribution < 1.29 is 9.18 Å². The maximum absolute atomic E-state index is 12.3. The van der Waals surface area contributed by atoms with E-state index in [-0.39, 0.29) is 5.78 Å². The molecule has 0 amide bonds. The van der Waals surface area contributed by atoms with Gasteiger partial charge in [0.1, 0.15) is 0 Å². The Morgan fingerprint density at radius 3 is 2.90 bits per heavy atom. The molecule has 0 aromatic carbocycles. The average molecular weight is 141 g/mol. The van der Waals surface area contributed by atoms with Crippen molar-refractivity contribution in [1.29, 1.82) is 0 Å². The van der Waals surface area contributed by atoms with Crippen LogP contribution in [0.25, 0.3) is 0 Å². The quantitative estimate of drug-likeness (QED) is 0.540. The smallest absolute Gasteiger partial charge is 0.208 e. The zero-order chi connectivity index (χ0) is 7.56. The summed E-state index contributed by atoms with van der Waals surface area (Å²) in [5.41, 5.74) is 0.535. The number of allylic oxidation sites excluding steroid dienone is 1. The van der Waals surface area contributed by atoms with Gasteiger partial charge in [0.15, 0.2) is 5.78 Å². The molecule has 10 heavy (non-hydrogen) atoms. The lowest BCUT2D eigenvalue weighted by atomic mass is 10.1. The monoisotopic (exact) mass is 141 g/mol. The fraction of sp³-hybridized carbons (Fsp3) is 0.429. The highest BCUT2D eigenvalue weighted by Crippen LogP contribution is 2.09. The molecular formula is C7H8FNO. The topological polar surface area (TPSA) is 29.4 Å². The van der Waals surface area contributed by atoms with E-state index < -0.39 is 5.97 Å². The molecule has 0 fully saturated rings. The molecule has 54 valence electrons. The van der Waals surface area contributed by atoms with Crippen LogP contribution in [0.15, 0.2) is 16.6 Å². The Morgan fingerprint density at radius 1 is 1.80 bits per heavy atom. The molecule has 0 saturated heterocycles. The third-order valence-corrected chi connectivity index (χ3v) is 1.39. The van der Waals surface area contributed by atoms with Gasteiger partial charge in [0.05, 0.1) is 0 Å². The van der Waals surface area contributed by atoms with Crippen molar-refractivity contribution in [1.82, 2.24) is 0 Å². The standard InChI is InChI=1S/C7H8FNO/c1-5(10)6-2-3-9-7(8)4-6/h4H,2-3H2,1H3. The molecule has 0 aromatic heterocycles. The number of dihydropyridines is 1. The lowest BCUT2D eigenvalue weighted by Gasteiger charge is -2.04.